The van der Waals surface area contributed by atoms with Crippen LogP contribution in [0.1, 0.15) is 65.0 Å². The molecular formula is C27H30N2O4S. The van der Waals surface area contributed by atoms with E-state index in [0.29, 0.717) is 24.5 Å². The molecule has 2 aromatic heterocycles. The standard InChI is InChI=1S/C27H30N2O4S/c28-15-24-23-10-6-20(17-33-27(32)13-18-3-7-21(30)8-4-18)12-25(23)34-26(24)14-22(31)9-5-19-2-1-11-29-16-19/h1-2,5,9,11,16,18,20-21,30H,3-4,6-8,10,12-14,17H2/b9-5+. The van der Waals surface area contributed by atoms with E-state index in [0.717, 1.165) is 65.8 Å². The molecule has 2 heterocycles. The van der Waals surface area contributed by atoms with Crippen molar-refractivity contribution < 1.29 is 19.4 Å². The fourth-order valence-electron chi connectivity index (χ4n) is 4.84. The second-order valence-electron chi connectivity index (χ2n) is 9.35. The Morgan fingerprint density at radius 2 is 2.06 bits per heavy atom. The first kappa shape index (κ1) is 24.3. The molecule has 0 amide bonds. The SMILES string of the molecule is N#Cc1c(CC(=O)/C=C/c2cccnc2)sc2c1CCC(COC(=O)CC1CCC(O)CC1)C2. The first-order valence-electron chi connectivity index (χ1n) is 12.0. The van der Waals surface area contributed by atoms with E-state index in [-0.39, 0.29) is 30.2 Å². The van der Waals surface area contributed by atoms with Crippen LogP contribution in [0.3, 0.4) is 0 Å². The highest BCUT2D eigenvalue weighted by Gasteiger charge is 2.28. The summed E-state index contributed by atoms with van der Waals surface area (Å²) in [5.74, 6) is 0.364. The van der Waals surface area contributed by atoms with Crippen LogP contribution in [0.15, 0.2) is 30.6 Å². The highest BCUT2D eigenvalue weighted by atomic mass is 32.1. The third-order valence-corrected chi connectivity index (χ3v) is 8.04. The van der Waals surface area contributed by atoms with E-state index < -0.39 is 0 Å². The Morgan fingerprint density at radius 3 is 2.79 bits per heavy atom. The number of nitrogens with zero attached hydrogens (tertiary/aromatic N) is 2. The number of allylic oxidation sites excluding steroid dienone is 1. The van der Waals surface area contributed by atoms with Crippen molar-refractivity contribution in [2.45, 2.75) is 63.9 Å². The molecule has 4 rings (SSSR count). The third-order valence-electron chi connectivity index (χ3n) is 6.78. The summed E-state index contributed by atoms with van der Waals surface area (Å²) in [5.41, 5.74) is 2.58. The van der Waals surface area contributed by atoms with Crippen molar-refractivity contribution in [1.82, 2.24) is 4.98 Å². The Balaban J connectivity index is 1.30. The maximum Gasteiger partial charge on any atom is 0.306 e. The number of aliphatic hydroxyl groups excluding tert-OH is 1. The zero-order chi connectivity index (χ0) is 23.9. The fraction of sp³-hybridized carbons (Fsp3) is 0.481. The van der Waals surface area contributed by atoms with Crippen molar-refractivity contribution in [1.29, 1.82) is 5.26 Å². The van der Waals surface area contributed by atoms with E-state index in [1.54, 1.807) is 35.9 Å². The number of rotatable bonds is 8. The van der Waals surface area contributed by atoms with Gasteiger partial charge in [0.25, 0.3) is 0 Å². The summed E-state index contributed by atoms with van der Waals surface area (Å²) in [4.78, 5) is 30.8. The fourth-order valence-corrected chi connectivity index (χ4v) is 6.27. The predicted octanol–water partition coefficient (Wildman–Crippen LogP) is 4.43. The van der Waals surface area contributed by atoms with Crippen LogP contribution in [0, 0.1) is 23.2 Å². The minimum absolute atomic E-state index is 0.0420. The van der Waals surface area contributed by atoms with Crippen molar-refractivity contribution in [3.8, 4) is 6.07 Å². The maximum absolute atomic E-state index is 12.5. The number of fused-ring (bicyclic) bond motifs is 1. The van der Waals surface area contributed by atoms with Gasteiger partial charge in [-0.1, -0.05) is 6.07 Å². The van der Waals surface area contributed by atoms with Gasteiger partial charge in [-0.2, -0.15) is 5.26 Å². The van der Waals surface area contributed by atoms with Crippen molar-refractivity contribution in [3.63, 3.8) is 0 Å². The topological polar surface area (TPSA) is 100 Å². The zero-order valence-corrected chi connectivity index (χ0v) is 20.1. The number of aromatic nitrogens is 1. The van der Waals surface area contributed by atoms with E-state index >= 15 is 0 Å². The predicted molar refractivity (Wildman–Crippen MR) is 130 cm³/mol. The molecule has 1 atom stereocenters. The lowest BCUT2D eigenvalue weighted by molar-refractivity contribution is -0.146. The summed E-state index contributed by atoms with van der Waals surface area (Å²) in [6.45, 7) is 0.398. The number of esters is 1. The number of ketones is 1. The van der Waals surface area contributed by atoms with Gasteiger partial charge in [-0.25, -0.2) is 0 Å². The molecule has 0 radical (unpaired) electrons. The molecule has 0 aliphatic heterocycles. The molecule has 2 aliphatic rings. The molecule has 0 spiro atoms. The van der Waals surface area contributed by atoms with Gasteiger partial charge in [0.2, 0.25) is 0 Å². The van der Waals surface area contributed by atoms with Gasteiger partial charge >= 0.3 is 5.97 Å². The largest absolute Gasteiger partial charge is 0.465 e. The van der Waals surface area contributed by atoms with Crippen molar-refractivity contribution >= 4 is 29.2 Å². The number of hydrogen-bond acceptors (Lipinski definition) is 7. The highest BCUT2D eigenvalue weighted by molar-refractivity contribution is 7.12. The Kier molecular flexibility index (Phi) is 8.25. The van der Waals surface area contributed by atoms with Gasteiger partial charge in [0.15, 0.2) is 5.78 Å². The summed E-state index contributed by atoms with van der Waals surface area (Å²) in [6.07, 6.45) is 12.8. The molecule has 0 aromatic carbocycles. The summed E-state index contributed by atoms with van der Waals surface area (Å²) in [7, 11) is 0. The minimum Gasteiger partial charge on any atom is -0.465 e. The molecule has 0 saturated heterocycles. The molecule has 178 valence electrons. The molecule has 6 nitrogen and oxygen atoms in total. The van der Waals surface area contributed by atoms with Crippen LogP contribution in [-0.2, 0) is 33.6 Å². The van der Waals surface area contributed by atoms with E-state index in [2.05, 4.69) is 11.1 Å². The Labute approximate surface area is 204 Å². The first-order valence-corrected chi connectivity index (χ1v) is 12.8. The van der Waals surface area contributed by atoms with Crippen LogP contribution in [0.2, 0.25) is 0 Å². The summed E-state index contributed by atoms with van der Waals surface area (Å²) in [6, 6.07) is 6.02. The average molecular weight is 479 g/mol. The second-order valence-corrected chi connectivity index (χ2v) is 10.5. The summed E-state index contributed by atoms with van der Waals surface area (Å²) in [5, 5.41) is 19.3. The lowest BCUT2D eigenvalue weighted by Crippen LogP contribution is -2.24. The second kappa shape index (κ2) is 11.5. The van der Waals surface area contributed by atoms with Gasteiger partial charge in [0, 0.05) is 35.0 Å². The van der Waals surface area contributed by atoms with Crippen LogP contribution in [0.25, 0.3) is 6.08 Å². The monoisotopic (exact) mass is 478 g/mol. The number of ether oxygens (including phenoxy) is 1. The Bertz CT molecular complexity index is 1080. The minimum atomic E-state index is -0.217. The zero-order valence-electron chi connectivity index (χ0n) is 19.2. The van der Waals surface area contributed by atoms with Crippen LogP contribution in [0.5, 0.6) is 0 Å². The van der Waals surface area contributed by atoms with E-state index in [1.165, 1.54) is 0 Å². The number of nitriles is 1. The molecule has 2 aliphatic carbocycles. The number of carbonyl (C=O) groups is 2. The van der Waals surface area contributed by atoms with Crippen LogP contribution >= 0.6 is 11.3 Å². The van der Waals surface area contributed by atoms with Crippen LogP contribution in [0.4, 0.5) is 0 Å². The van der Waals surface area contributed by atoms with Gasteiger partial charge in [0.1, 0.15) is 6.07 Å². The van der Waals surface area contributed by atoms with Gasteiger partial charge in [-0.15, -0.1) is 11.3 Å². The number of hydrogen-bond donors (Lipinski definition) is 1. The molecule has 2 aromatic rings. The number of aliphatic hydroxyl groups is 1. The quantitative estimate of drug-likeness (QED) is 0.445. The number of carbonyl (C=O) groups excluding carboxylic acids is 2. The Hall–Kier alpha value is -2.82. The lowest BCUT2D eigenvalue weighted by atomic mass is 9.85. The van der Waals surface area contributed by atoms with Crippen molar-refractivity contribution in [2.24, 2.45) is 11.8 Å². The number of pyridine rings is 1. The van der Waals surface area contributed by atoms with Gasteiger partial charge in [0.05, 0.1) is 18.3 Å². The molecule has 1 unspecified atom stereocenters. The molecule has 0 bridgehead atoms. The van der Waals surface area contributed by atoms with Crippen LogP contribution < -0.4 is 0 Å². The van der Waals surface area contributed by atoms with Crippen molar-refractivity contribution in [3.05, 3.63) is 57.0 Å². The number of thiophene rings is 1. The van der Waals surface area contributed by atoms with E-state index in [4.69, 9.17) is 4.74 Å². The van der Waals surface area contributed by atoms with E-state index in [9.17, 15) is 20.0 Å². The van der Waals surface area contributed by atoms with Gasteiger partial charge < -0.3 is 9.84 Å². The normalized spacial score (nSPS) is 22.2. The molecule has 1 fully saturated rings. The summed E-state index contributed by atoms with van der Waals surface area (Å²) >= 11 is 1.55. The van der Waals surface area contributed by atoms with Gasteiger partial charge in [-0.3, -0.25) is 14.6 Å². The molecule has 1 N–H and O–H groups in total. The average Bonchev–Trinajstić information content (AvgIpc) is 3.19. The molecule has 34 heavy (non-hydrogen) atoms. The molecule has 1 saturated carbocycles. The van der Waals surface area contributed by atoms with Crippen molar-refractivity contribution in [2.75, 3.05) is 6.61 Å². The molecule has 7 heteroatoms. The highest BCUT2D eigenvalue weighted by Crippen LogP contribution is 2.37. The first-order chi connectivity index (χ1) is 16.5. The lowest BCUT2D eigenvalue weighted by Gasteiger charge is -2.25. The Morgan fingerprint density at radius 1 is 1.24 bits per heavy atom. The van der Waals surface area contributed by atoms with Gasteiger partial charge in [-0.05, 0) is 86.1 Å². The van der Waals surface area contributed by atoms with Crippen LogP contribution in [-0.4, -0.2) is 34.6 Å². The maximum atomic E-state index is 12.5. The smallest absolute Gasteiger partial charge is 0.306 e. The summed E-state index contributed by atoms with van der Waals surface area (Å²) < 4.78 is 5.60. The third kappa shape index (κ3) is 6.40. The molecular weight excluding hydrogens is 448 g/mol. The van der Waals surface area contributed by atoms with E-state index in [1.807, 2.05) is 12.1 Å².